The van der Waals surface area contributed by atoms with Gasteiger partial charge < -0.3 is 14.5 Å². The van der Waals surface area contributed by atoms with Crippen LogP contribution in [0.25, 0.3) is 0 Å². The minimum absolute atomic E-state index is 0.328. The minimum atomic E-state index is -4.76. The summed E-state index contributed by atoms with van der Waals surface area (Å²) < 4.78 is 46.2. The highest BCUT2D eigenvalue weighted by Gasteiger charge is 2.32. The van der Waals surface area contributed by atoms with Crippen LogP contribution in [0.3, 0.4) is 0 Å². The molecule has 1 saturated heterocycles. The topological polar surface area (TPSA) is 80.8 Å². The molecule has 0 unspecified atom stereocenters. The second-order valence-corrected chi connectivity index (χ2v) is 5.74. The molecule has 1 aromatic heterocycles. The fourth-order valence-electron chi connectivity index (χ4n) is 2.93. The second kappa shape index (κ2) is 7.34. The number of benzene rings is 1. The number of hydrogen-bond donors (Lipinski definition) is 1. The van der Waals surface area contributed by atoms with Gasteiger partial charge in [0.05, 0.1) is 12.1 Å². The Morgan fingerprint density at radius 2 is 1.81 bits per heavy atom. The SMILES string of the molecule is O=[N+]([O-])c1ccc([C@@H](c2ccc(OC(F)(F)F)cc2)N2CCNCC2)o1. The van der Waals surface area contributed by atoms with E-state index in [9.17, 15) is 23.3 Å². The van der Waals surface area contributed by atoms with Crippen LogP contribution in [-0.4, -0.2) is 42.4 Å². The van der Waals surface area contributed by atoms with E-state index in [4.69, 9.17) is 4.42 Å². The van der Waals surface area contributed by atoms with Crippen LogP contribution in [0.2, 0.25) is 0 Å². The van der Waals surface area contributed by atoms with Crippen molar-refractivity contribution in [2.24, 2.45) is 0 Å². The molecule has 2 aromatic rings. The van der Waals surface area contributed by atoms with Gasteiger partial charge in [0.15, 0.2) is 0 Å². The maximum absolute atomic E-state index is 12.3. The number of hydrogen-bond acceptors (Lipinski definition) is 6. The normalized spacial score (nSPS) is 17.0. The molecule has 0 radical (unpaired) electrons. The molecule has 0 bridgehead atoms. The van der Waals surface area contributed by atoms with Crippen LogP contribution in [-0.2, 0) is 0 Å². The molecular weight excluding hydrogens is 355 g/mol. The number of nitrogens with zero attached hydrogens (tertiary/aromatic N) is 2. The van der Waals surface area contributed by atoms with Crippen LogP contribution < -0.4 is 10.1 Å². The molecule has 1 aromatic carbocycles. The van der Waals surface area contributed by atoms with Gasteiger partial charge in [0.1, 0.15) is 16.4 Å². The zero-order chi connectivity index (χ0) is 18.7. The zero-order valence-corrected chi connectivity index (χ0v) is 13.5. The van der Waals surface area contributed by atoms with Crippen LogP contribution in [0.5, 0.6) is 5.75 Å². The van der Waals surface area contributed by atoms with Crippen LogP contribution in [0.15, 0.2) is 40.8 Å². The van der Waals surface area contributed by atoms with Crippen LogP contribution in [0.4, 0.5) is 19.1 Å². The van der Waals surface area contributed by atoms with E-state index < -0.39 is 17.3 Å². The van der Waals surface area contributed by atoms with Gasteiger partial charge in [0, 0.05) is 26.2 Å². The van der Waals surface area contributed by atoms with Gasteiger partial charge in [-0.1, -0.05) is 12.1 Å². The molecular formula is C16H16F3N3O4. The zero-order valence-electron chi connectivity index (χ0n) is 13.5. The van der Waals surface area contributed by atoms with Crippen LogP contribution in [0.1, 0.15) is 17.4 Å². The van der Waals surface area contributed by atoms with E-state index in [1.165, 1.54) is 36.4 Å². The van der Waals surface area contributed by atoms with Crippen molar-refractivity contribution in [3.8, 4) is 5.75 Å². The lowest BCUT2D eigenvalue weighted by atomic mass is 10.0. The highest BCUT2D eigenvalue weighted by Crippen LogP contribution is 2.33. The first-order chi connectivity index (χ1) is 12.3. The van der Waals surface area contributed by atoms with Crippen molar-refractivity contribution in [2.45, 2.75) is 12.4 Å². The third-order valence-electron chi connectivity index (χ3n) is 4.01. The molecule has 0 aliphatic carbocycles. The van der Waals surface area contributed by atoms with Crippen molar-refractivity contribution >= 4 is 5.88 Å². The van der Waals surface area contributed by atoms with Crippen molar-refractivity contribution in [1.82, 2.24) is 10.2 Å². The van der Waals surface area contributed by atoms with E-state index in [-0.39, 0.29) is 11.6 Å². The molecule has 1 atom stereocenters. The largest absolute Gasteiger partial charge is 0.573 e. The average Bonchev–Trinajstić information content (AvgIpc) is 3.06. The van der Waals surface area contributed by atoms with Crippen molar-refractivity contribution in [3.63, 3.8) is 0 Å². The van der Waals surface area contributed by atoms with Gasteiger partial charge in [0.2, 0.25) is 0 Å². The van der Waals surface area contributed by atoms with Crippen molar-refractivity contribution in [1.29, 1.82) is 0 Å². The first kappa shape index (κ1) is 18.2. The number of nitro groups is 1. The summed E-state index contributed by atoms with van der Waals surface area (Å²) in [6.07, 6.45) is -4.76. The van der Waals surface area contributed by atoms with Gasteiger partial charge in [-0.05, 0) is 23.8 Å². The van der Waals surface area contributed by atoms with E-state index in [1.54, 1.807) is 0 Å². The number of halogens is 3. The Labute approximate surface area is 146 Å². The van der Waals surface area contributed by atoms with Crippen molar-refractivity contribution in [2.75, 3.05) is 26.2 Å². The molecule has 0 saturated carbocycles. The lowest BCUT2D eigenvalue weighted by molar-refractivity contribution is -0.402. The molecule has 1 aliphatic heterocycles. The second-order valence-electron chi connectivity index (χ2n) is 5.74. The summed E-state index contributed by atoms with van der Waals surface area (Å²) in [7, 11) is 0. The van der Waals surface area contributed by atoms with Crippen molar-refractivity contribution < 1.29 is 27.2 Å². The molecule has 1 fully saturated rings. The standard InChI is InChI=1S/C16H16F3N3O4/c17-16(18,19)26-12-3-1-11(2-4-12)15(21-9-7-20-8-10-21)13-5-6-14(25-13)22(23)24/h1-6,15,20H,7-10H2/t15-/m1/s1. The summed E-state index contributed by atoms with van der Waals surface area (Å²) >= 11 is 0. The Balaban J connectivity index is 1.90. The van der Waals surface area contributed by atoms with E-state index in [0.29, 0.717) is 24.4 Å². The fourth-order valence-corrected chi connectivity index (χ4v) is 2.93. The molecule has 0 amide bonds. The number of alkyl halides is 3. The van der Waals surface area contributed by atoms with E-state index in [2.05, 4.69) is 15.0 Å². The number of rotatable bonds is 5. The molecule has 2 heterocycles. The first-order valence-electron chi connectivity index (χ1n) is 7.88. The Morgan fingerprint density at radius 3 is 2.35 bits per heavy atom. The number of furan rings is 1. The third kappa shape index (κ3) is 4.33. The quantitative estimate of drug-likeness (QED) is 0.643. The van der Waals surface area contributed by atoms with Gasteiger partial charge in [-0.25, -0.2) is 0 Å². The van der Waals surface area contributed by atoms with E-state index in [0.717, 1.165) is 13.1 Å². The van der Waals surface area contributed by atoms with E-state index >= 15 is 0 Å². The monoisotopic (exact) mass is 371 g/mol. The molecule has 10 heteroatoms. The van der Waals surface area contributed by atoms with Crippen molar-refractivity contribution in [3.05, 3.63) is 57.8 Å². The molecule has 1 aliphatic rings. The lowest BCUT2D eigenvalue weighted by Gasteiger charge is -2.34. The Hall–Kier alpha value is -2.59. The van der Waals surface area contributed by atoms with Crippen LogP contribution >= 0.6 is 0 Å². The summed E-state index contributed by atoms with van der Waals surface area (Å²) in [6.45, 7) is 2.79. The summed E-state index contributed by atoms with van der Waals surface area (Å²) in [4.78, 5) is 12.3. The summed E-state index contributed by atoms with van der Waals surface area (Å²) in [5.74, 6) is -0.342. The van der Waals surface area contributed by atoms with Gasteiger partial charge >= 0.3 is 12.2 Å². The van der Waals surface area contributed by atoms with Crippen LogP contribution in [0, 0.1) is 10.1 Å². The number of nitrogens with one attached hydrogen (secondary N) is 1. The lowest BCUT2D eigenvalue weighted by Crippen LogP contribution is -2.45. The number of ether oxygens (including phenoxy) is 1. The summed E-state index contributed by atoms with van der Waals surface area (Å²) in [5.41, 5.74) is 0.658. The maximum Gasteiger partial charge on any atom is 0.573 e. The predicted octanol–water partition coefficient (Wildman–Crippen LogP) is 3.08. The molecule has 26 heavy (non-hydrogen) atoms. The Morgan fingerprint density at radius 1 is 1.15 bits per heavy atom. The maximum atomic E-state index is 12.3. The minimum Gasteiger partial charge on any atom is -0.406 e. The van der Waals surface area contributed by atoms with Gasteiger partial charge in [-0.15, -0.1) is 13.2 Å². The molecule has 140 valence electrons. The highest BCUT2D eigenvalue weighted by molar-refractivity contribution is 5.34. The number of piperazine rings is 1. The highest BCUT2D eigenvalue weighted by atomic mass is 19.4. The third-order valence-corrected chi connectivity index (χ3v) is 4.01. The predicted molar refractivity (Wildman–Crippen MR) is 84.8 cm³/mol. The van der Waals surface area contributed by atoms with Gasteiger partial charge in [0.25, 0.3) is 0 Å². The first-order valence-corrected chi connectivity index (χ1v) is 7.88. The van der Waals surface area contributed by atoms with E-state index in [1.807, 2.05) is 0 Å². The average molecular weight is 371 g/mol. The molecule has 3 rings (SSSR count). The fraction of sp³-hybridized carbons (Fsp3) is 0.375. The van der Waals surface area contributed by atoms with Gasteiger partial charge in [-0.3, -0.25) is 15.0 Å². The summed E-state index contributed by atoms with van der Waals surface area (Å²) in [5, 5.41) is 14.1. The smallest absolute Gasteiger partial charge is 0.406 e. The Kier molecular flexibility index (Phi) is 5.14. The molecule has 1 N–H and O–H groups in total. The summed E-state index contributed by atoms with van der Waals surface area (Å²) in [6, 6.07) is 7.79. The molecule has 7 nitrogen and oxygen atoms in total. The molecule has 0 spiro atoms. The Bertz CT molecular complexity index is 755. The van der Waals surface area contributed by atoms with Gasteiger partial charge in [-0.2, -0.15) is 0 Å².